The van der Waals surface area contributed by atoms with E-state index in [1.807, 2.05) is 6.92 Å². The van der Waals surface area contributed by atoms with Crippen LogP contribution in [0.1, 0.15) is 97.3 Å². The van der Waals surface area contributed by atoms with E-state index in [0.717, 1.165) is 25.7 Å². The average Bonchev–Trinajstić information content (AvgIpc) is 2.38. The molecule has 0 radical (unpaired) electrons. The van der Waals surface area contributed by atoms with E-state index in [2.05, 4.69) is 6.92 Å². The Labute approximate surface area is 120 Å². The van der Waals surface area contributed by atoms with Gasteiger partial charge in [0, 0.05) is 0 Å². The number of hydrogen-bond donors (Lipinski definition) is 2. The highest BCUT2D eigenvalue weighted by molar-refractivity contribution is 4.56. The first kappa shape index (κ1) is 18.9. The van der Waals surface area contributed by atoms with E-state index < -0.39 is 0 Å². The molecule has 0 fully saturated rings. The van der Waals surface area contributed by atoms with Crippen LogP contribution in [0.25, 0.3) is 0 Å². The summed E-state index contributed by atoms with van der Waals surface area (Å²) < 4.78 is 0. The second-order valence-corrected chi connectivity index (χ2v) is 6.05. The molecule has 116 valence electrons. The van der Waals surface area contributed by atoms with Crippen molar-refractivity contribution < 1.29 is 10.2 Å². The topological polar surface area (TPSA) is 40.5 Å². The third-order valence-electron chi connectivity index (χ3n) is 3.80. The average molecular weight is 272 g/mol. The Hall–Kier alpha value is -0.0800. The van der Waals surface area contributed by atoms with Crippen molar-refractivity contribution in [2.24, 2.45) is 0 Å². The van der Waals surface area contributed by atoms with E-state index in [1.165, 1.54) is 57.8 Å². The molecular formula is C17H36O2. The van der Waals surface area contributed by atoms with Crippen molar-refractivity contribution in [1.82, 2.24) is 0 Å². The van der Waals surface area contributed by atoms with Gasteiger partial charge in [0.25, 0.3) is 0 Å². The van der Waals surface area contributed by atoms with Gasteiger partial charge >= 0.3 is 0 Å². The minimum Gasteiger partial charge on any atom is -0.393 e. The molecule has 0 aromatic heterocycles. The summed E-state index contributed by atoms with van der Waals surface area (Å²) in [5.74, 6) is 0. The van der Waals surface area contributed by atoms with Gasteiger partial charge in [-0.15, -0.1) is 0 Å². The van der Waals surface area contributed by atoms with Crippen molar-refractivity contribution in [2.45, 2.75) is 110 Å². The lowest BCUT2D eigenvalue weighted by atomic mass is 10.0. The maximum absolute atomic E-state index is 9.70. The van der Waals surface area contributed by atoms with Gasteiger partial charge in [-0.3, -0.25) is 0 Å². The molecule has 19 heavy (non-hydrogen) atoms. The lowest BCUT2D eigenvalue weighted by Crippen LogP contribution is -2.05. The lowest BCUT2D eigenvalue weighted by molar-refractivity contribution is 0.148. The first-order valence-corrected chi connectivity index (χ1v) is 8.53. The summed E-state index contributed by atoms with van der Waals surface area (Å²) >= 11 is 0. The molecule has 0 aromatic rings. The molecule has 0 heterocycles. The standard InChI is InChI=1S/C17H36O2/c1-3-4-14-17(19)15-12-10-8-6-5-7-9-11-13-16(2)18/h16-19H,3-15H2,1-2H3/t16-,17-/m0/s1. The van der Waals surface area contributed by atoms with Crippen LogP contribution in [0.5, 0.6) is 0 Å². The van der Waals surface area contributed by atoms with Gasteiger partial charge in [0.05, 0.1) is 12.2 Å². The summed E-state index contributed by atoms with van der Waals surface area (Å²) in [6, 6.07) is 0. The van der Waals surface area contributed by atoms with E-state index in [0.29, 0.717) is 0 Å². The minimum atomic E-state index is -0.126. The van der Waals surface area contributed by atoms with E-state index in [4.69, 9.17) is 5.11 Å². The van der Waals surface area contributed by atoms with Crippen LogP contribution < -0.4 is 0 Å². The fourth-order valence-corrected chi connectivity index (χ4v) is 2.46. The Kier molecular flexibility index (Phi) is 14.3. The Bertz CT molecular complexity index is 169. The first-order chi connectivity index (χ1) is 9.16. The second kappa shape index (κ2) is 14.3. The largest absolute Gasteiger partial charge is 0.393 e. The Morgan fingerprint density at radius 2 is 1.05 bits per heavy atom. The van der Waals surface area contributed by atoms with Crippen LogP contribution in [-0.4, -0.2) is 22.4 Å². The molecule has 2 atom stereocenters. The zero-order valence-corrected chi connectivity index (χ0v) is 13.2. The predicted molar refractivity (Wildman–Crippen MR) is 83.4 cm³/mol. The highest BCUT2D eigenvalue weighted by atomic mass is 16.3. The second-order valence-electron chi connectivity index (χ2n) is 6.05. The molecule has 0 bridgehead atoms. The zero-order chi connectivity index (χ0) is 14.3. The number of unbranched alkanes of at least 4 members (excludes halogenated alkanes) is 8. The summed E-state index contributed by atoms with van der Waals surface area (Å²) in [6.45, 7) is 4.04. The molecule has 0 spiro atoms. The molecule has 0 unspecified atom stereocenters. The quantitative estimate of drug-likeness (QED) is 0.445. The fraction of sp³-hybridized carbons (Fsp3) is 1.00. The monoisotopic (exact) mass is 272 g/mol. The van der Waals surface area contributed by atoms with Crippen molar-refractivity contribution in [3.8, 4) is 0 Å². The fourth-order valence-electron chi connectivity index (χ4n) is 2.46. The summed E-state index contributed by atoms with van der Waals surface area (Å²) in [5.41, 5.74) is 0. The van der Waals surface area contributed by atoms with Crippen molar-refractivity contribution in [1.29, 1.82) is 0 Å². The van der Waals surface area contributed by atoms with E-state index in [1.54, 1.807) is 0 Å². The van der Waals surface area contributed by atoms with Crippen LogP contribution in [-0.2, 0) is 0 Å². The molecule has 2 heteroatoms. The zero-order valence-electron chi connectivity index (χ0n) is 13.2. The molecule has 2 N–H and O–H groups in total. The predicted octanol–water partition coefficient (Wildman–Crippen LogP) is 4.82. The summed E-state index contributed by atoms with van der Waals surface area (Å²) in [6.07, 6.45) is 15.3. The highest BCUT2D eigenvalue weighted by Crippen LogP contribution is 2.13. The summed E-state index contributed by atoms with van der Waals surface area (Å²) in [7, 11) is 0. The van der Waals surface area contributed by atoms with Crippen LogP contribution in [0.2, 0.25) is 0 Å². The molecule has 0 saturated carbocycles. The van der Waals surface area contributed by atoms with E-state index in [9.17, 15) is 5.11 Å². The molecule has 0 aromatic carbocycles. The maximum Gasteiger partial charge on any atom is 0.0540 e. The molecule has 0 aliphatic carbocycles. The van der Waals surface area contributed by atoms with E-state index in [-0.39, 0.29) is 12.2 Å². The molecule has 2 nitrogen and oxygen atoms in total. The van der Waals surface area contributed by atoms with Gasteiger partial charge in [-0.05, 0) is 26.2 Å². The smallest absolute Gasteiger partial charge is 0.0540 e. The molecular weight excluding hydrogens is 236 g/mol. The van der Waals surface area contributed by atoms with Crippen molar-refractivity contribution in [3.05, 3.63) is 0 Å². The third-order valence-corrected chi connectivity index (χ3v) is 3.80. The first-order valence-electron chi connectivity index (χ1n) is 8.53. The van der Waals surface area contributed by atoms with Crippen LogP contribution in [0.3, 0.4) is 0 Å². The number of rotatable bonds is 14. The molecule has 0 rings (SSSR count). The van der Waals surface area contributed by atoms with Crippen LogP contribution in [0.15, 0.2) is 0 Å². The van der Waals surface area contributed by atoms with Crippen molar-refractivity contribution in [2.75, 3.05) is 0 Å². The van der Waals surface area contributed by atoms with Crippen LogP contribution in [0.4, 0.5) is 0 Å². The van der Waals surface area contributed by atoms with Crippen molar-refractivity contribution in [3.63, 3.8) is 0 Å². The van der Waals surface area contributed by atoms with Gasteiger partial charge in [0.1, 0.15) is 0 Å². The summed E-state index contributed by atoms with van der Waals surface area (Å²) in [4.78, 5) is 0. The molecule has 0 amide bonds. The van der Waals surface area contributed by atoms with Crippen LogP contribution in [0, 0.1) is 0 Å². The van der Waals surface area contributed by atoms with E-state index >= 15 is 0 Å². The number of aliphatic hydroxyl groups excluding tert-OH is 2. The third kappa shape index (κ3) is 15.9. The normalized spacial score (nSPS) is 14.5. The Balaban J connectivity index is 3.06. The molecule has 0 saturated heterocycles. The van der Waals surface area contributed by atoms with Gasteiger partial charge in [-0.2, -0.15) is 0 Å². The Morgan fingerprint density at radius 3 is 1.53 bits per heavy atom. The molecule has 0 aliphatic rings. The maximum atomic E-state index is 9.70. The van der Waals surface area contributed by atoms with Crippen molar-refractivity contribution >= 4 is 0 Å². The minimum absolute atomic E-state index is 0.0552. The van der Waals surface area contributed by atoms with Gasteiger partial charge < -0.3 is 10.2 Å². The SMILES string of the molecule is CCCC[C@H](O)CCCCCCCCCC[C@H](C)O. The summed E-state index contributed by atoms with van der Waals surface area (Å²) in [5, 5.41) is 18.8. The number of aliphatic hydroxyl groups is 2. The highest BCUT2D eigenvalue weighted by Gasteiger charge is 2.02. The van der Waals surface area contributed by atoms with Gasteiger partial charge in [-0.25, -0.2) is 0 Å². The van der Waals surface area contributed by atoms with Gasteiger partial charge in [-0.1, -0.05) is 71.1 Å². The van der Waals surface area contributed by atoms with Crippen LogP contribution >= 0.6 is 0 Å². The lowest BCUT2D eigenvalue weighted by Gasteiger charge is -2.09. The number of hydrogen-bond acceptors (Lipinski definition) is 2. The van der Waals surface area contributed by atoms with Gasteiger partial charge in [0.15, 0.2) is 0 Å². The molecule has 0 aliphatic heterocycles. The van der Waals surface area contributed by atoms with Gasteiger partial charge in [0.2, 0.25) is 0 Å². The Morgan fingerprint density at radius 1 is 0.632 bits per heavy atom.